The summed E-state index contributed by atoms with van der Waals surface area (Å²) in [4.78, 5) is 15.0. The van der Waals surface area contributed by atoms with E-state index in [2.05, 4.69) is 10.2 Å². The summed E-state index contributed by atoms with van der Waals surface area (Å²) < 4.78 is 0. The molecule has 2 heterocycles. The van der Waals surface area contributed by atoms with Gasteiger partial charge in [-0.2, -0.15) is 0 Å². The fourth-order valence-electron chi connectivity index (χ4n) is 2.09. The molecule has 1 saturated heterocycles. The zero-order valence-corrected chi connectivity index (χ0v) is 11.9. The molecule has 3 N–H and O–H groups in total. The zero-order chi connectivity index (χ0) is 12.1. The highest BCUT2D eigenvalue weighted by Gasteiger charge is 2.18. The summed E-state index contributed by atoms with van der Waals surface area (Å²) in [6.45, 7) is 2.93. The van der Waals surface area contributed by atoms with Crippen molar-refractivity contribution in [2.75, 3.05) is 19.6 Å². The standard InChI is InChI=1S/C12H19N3OS.ClH/c13-10-3-1-5-15(8-10)9-12(16)14-7-11-4-2-6-17-11;/h2,4,6,10H,1,3,5,7-9,13H2,(H,14,16);1H. The number of rotatable bonds is 4. The Balaban J connectivity index is 0.00000162. The third-order valence-electron chi connectivity index (χ3n) is 2.95. The minimum atomic E-state index is 0. The highest BCUT2D eigenvalue weighted by Crippen LogP contribution is 2.09. The summed E-state index contributed by atoms with van der Waals surface area (Å²) in [6.07, 6.45) is 2.17. The maximum atomic E-state index is 11.7. The van der Waals surface area contributed by atoms with Gasteiger partial charge >= 0.3 is 0 Å². The molecule has 1 aliphatic rings. The van der Waals surface area contributed by atoms with Crippen LogP contribution in [0.3, 0.4) is 0 Å². The molecule has 0 bridgehead atoms. The van der Waals surface area contributed by atoms with Gasteiger partial charge in [-0.1, -0.05) is 6.07 Å². The van der Waals surface area contributed by atoms with Crippen molar-refractivity contribution in [1.82, 2.24) is 10.2 Å². The van der Waals surface area contributed by atoms with E-state index >= 15 is 0 Å². The van der Waals surface area contributed by atoms with E-state index in [1.54, 1.807) is 11.3 Å². The minimum absolute atomic E-state index is 0. The number of piperidine rings is 1. The Labute approximate surface area is 118 Å². The molecule has 0 radical (unpaired) electrons. The van der Waals surface area contributed by atoms with Crippen LogP contribution in [0.15, 0.2) is 17.5 Å². The van der Waals surface area contributed by atoms with Crippen molar-refractivity contribution in [3.63, 3.8) is 0 Å². The lowest BCUT2D eigenvalue weighted by Gasteiger charge is -2.29. The number of amides is 1. The van der Waals surface area contributed by atoms with Crippen LogP contribution in [0.2, 0.25) is 0 Å². The van der Waals surface area contributed by atoms with Crippen LogP contribution in [-0.4, -0.2) is 36.5 Å². The third-order valence-corrected chi connectivity index (χ3v) is 3.83. The van der Waals surface area contributed by atoms with Crippen molar-refractivity contribution in [2.24, 2.45) is 5.73 Å². The molecule has 6 heteroatoms. The lowest BCUT2D eigenvalue weighted by molar-refractivity contribution is -0.122. The monoisotopic (exact) mass is 289 g/mol. The van der Waals surface area contributed by atoms with Crippen molar-refractivity contribution in [1.29, 1.82) is 0 Å². The molecule has 1 atom stereocenters. The molecule has 0 aliphatic carbocycles. The molecule has 0 aromatic carbocycles. The Hall–Kier alpha value is -0.620. The molecule has 1 aromatic heterocycles. The predicted octanol–water partition coefficient (Wildman–Crippen LogP) is 1.21. The van der Waals surface area contributed by atoms with Crippen LogP contribution in [0.25, 0.3) is 0 Å². The van der Waals surface area contributed by atoms with E-state index in [1.807, 2.05) is 17.5 Å². The van der Waals surface area contributed by atoms with Crippen molar-refractivity contribution >= 4 is 29.7 Å². The SMILES string of the molecule is Cl.NC1CCCN(CC(=O)NCc2cccs2)C1. The van der Waals surface area contributed by atoms with Gasteiger partial charge in [-0.25, -0.2) is 0 Å². The van der Waals surface area contributed by atoms with Crippen LogP contribution in [0, 0.1) is 0 Å². The van der Waals surface area contributed by atoms with Crippen LogP contribution in [-0.2, 0) is 11.3 Å². The normalized spacial score (nSPS) is 20.2. The Kier molecular flexibility index (Phi) is 6.63. The summed E-state index contributed by atoms with van der Waals surface area (Å²) in [5, 5.41) is 4.96. The van der Waals surface area contributed by atoms with Gasteiger partial charge in [0.1, 0.15) is 0 Å². The maximum Gasteiger partial charge on any atom is 0.234 e. The fraction of sp³-hybridized carbons (Fsp3) is 0.583. The van der Waals surface area contributed by atoms with Crippen LogP contribution < -0.4 is 11.1 Å². The summed E-state index contributed by atoms with van der Waals surface area (Å²) in [5.41, 5.74) is 5.88. The van der Waals surface area contributed by atoms with Gasteiger partial charge in [-0.3, -0.25) is 9.69 Å². The molecule has 1 amide bonds. The Morgan fingerprint density at radius 1 is 1.61 bits per heavy atom. The van der Waals surface area contributed by atoms with E-state index in [-0.39, 0.29) is 24.4 Å². The first-order chi connectivity index (χ1) is 8.24. The van der Waals surface area contributed by atoms with Crippen molar-refractivity contribution in [3.8, 4) is 0 Å². The maximum absolute atomic E-state index is 11.7. The van der Waals surface area contributed by atoms with Crippen LogP contribution in [0.1, 0.15) is 17.7 Å². The van der Waals surface area contributed by atoms with Crippen LogP contribution >= 0.6 is 23.7 Å². The number of halogens is 1. The van der Waals surface area contributed by atoms with Crippen molar-refractivity contribution < 1.29 is 4.79 Å². The molecule has 18 heavy (non-hydrogen) atoms. The molecule has 1 unspecified atom stereocenters. The van der Waals surface area contributed by atoms with E-state index in [9.17, 15) is 4.79 Å². The first-order valence-corrected chi connectivity index (χ1v) is 6.89. The first kappa shape index (κ1) is 15.4. The second kappa shape index (κ2) is 7.74. The lowest BCUT2D eigenvalue weighted by Crippen LogP contribution is -2.46. The number of hydrogen-bond donors (Lipinski definition) is 2. The quantitative estimate of drug-likeness (QED) is 0.876. The third kappa shape index (κ3) is 4.94. The Morgan fingerprint density at radius 3 is 3.11 bits per heavy atom. The number of nitrogens with zero attached hydrogens (tertiary/aromatic N) is 1. The van der Waals surface area contributed by atoms with Gasteiger partial charge in [0.15, 0.2) is 0 Å². The summed E-state index contributed by atoms with van der Waals surface area (Å²) in [5.74, 6) is 0.0903. The van der Waals surface area contributed by atoms with E-state index in [4.69, 9.17) is 5.73 Å². The number of likely N-dealkylation sites (tertiary alicyclic amines) is 1. The molecular weight excluding hydrogens is 270 g/mol. The lowest BCUT2D eigenvalue weighted by atomic mass is 10.1. The van der Waals surface area contributed by atoms with Gasteiger partial charge in [-0.05, 0) is 30.8 Å². The number of carbonyl (C=O) groups is 1. The van der Waals surface area contributed by atoms with Crippen molar-refractivity contribution in [2.45, 2.75) is 25.4 Å². The molecule has 1 fully saturated rings. The van der Waals surface area contributed by atoms with Crippen LogP contribution in [0.5, 0.6) is 0 Å². The van der Waals surface area contributed by atoms with Gasteiger partial charge in [0.05, 0.1) is 13.1 Å². The molecule has 4 nitrogen and oxygen atoms in total. The minimum Gasteiger partial charge on any atom is -0.350 e. The summed E-state index contributed by atoms with van der Waals surface area (Å²) in [7, 11) is 0. The summed E-state index contributed by atoms with van der Waals surface area (Å²) >= 11 is 1.66. The van der Waals surface area contributed by atoms with Gasteiger partial charge in [0, 0.05) is 17.5 Å². The second-order valence-electron chi connectivity index (χ2n) is 4.49. The zero-order valence-electron chi connectivity index (χ0n) is 10.3. The average molecular weight is 290 g/mol. The number of carbonyl (C=O) groups excluding carboxylic acids is 1. The Bertz CT molecular complexity index is 358. The van der Waals surface area contributed by atoms with Gasteiger partial charge in [-0.15, -0.1) is 23.7 Å². The number of thiophene rings is 1. The number of nitrogens with one attached hydrogen (secondary N) is 1. The molecule has 102 valence electrons. The van der Waals surface area contributed by atoms with Crippen molar-refractivity contribution in [3.05, 3.63) is 22.4 Å². The smallest absolute Gasteiger partial charge is 0.234 e. The largest absolute Gasteiger partial charge is 0.350 e. The predicted molar refractivity (Wildman–Crippen MR) is 77.1 cm³/mol. The molecular formula is C12H20ClN3OS. The van der Waals surface area contributed by atoms with E-state index in [0.717, 1.165) is 25.9 Å². The number of hydrogen-bond acceptors (Lipinski definition) is 4. The second-order valence-corrected chi connectivity index (χ2v) is 5.53. The molecule has 2 rings (SSSR count). The molecule has 0 spiro atoms. The highest BCUT2D eigenvalue weighted by molar-refractivity contribution is 7.09. The van der Waals surface area contributed by atoms with Gasteiger partial charge < -0.3 is 11.1 Å². The van der Waals surface area contributed by atoms with E-state index in [0.29, 0.717) is 13.1 Å². The number of nitrogens with two attached hydrogens (primary N) is 1. The summed E-state index contributed by atoms with van der Waals surface area (Å²) in [6, 6.07) is 4.26. The van der Waals surface area contributed by atoms with Gasteiger partial charge in [0.2, 0.25) is 5.91 Å². The van der Waals surface area contributed by atoms with E-state index in [1.165, 1.54) is 4.88 Å². The van der Waals surface area contributed by atoms with Crippen LogP contribution in [0.4, 0.5) is 0 Å². The van der Waals surface area contributed by atoms with Gasteiger partial charge in [0.25, 0.3) is 0 Å². The Morgan fingerprint density at radius 2 is 2.44 bits per heavy atom. The van der Waals surface area contributed by atoms with E-state index < -0.39 is 0 Å². The molecule has 0 saturated carbocycles. The molecule has 1 aromatic rings. The fourth-order valence-corrected chi connectivity index (χ4v) is 2.74. The average Bonchev–Trinajstić information content (AvgIpc) is 2.79. The first-order valence-electron chi connectivity index (χ1n) is 6.01. The highest BCUT2D eigenvalue weighted by atomic mass is 35.5. The molecule has 1 aliphatic heterocycles. The topological polar surface area (TPSA) is 58.4 Å².